The summed E-state index contributed by atoms with van der Waals surface area (Å²) >= 11 is 3.91. The third-order valence-corrected chi connectivity index (χ3v) is 4.09. The summed E-state index contributed by atoms with van der Waals surface area (Å²) in [7, 11) is 0. The van der Waals surface area contributed by atoms with E-state index in [-0.39, 0.29) is 5.75 Å². The van der Waals surface area contributed by atoms with E-state index in [0.717, 1.165) is 6.92 Å². The van der Waals surface area contributed by atoms with Gasteiger partial charge in [-0.2, -0.15) is 12.6 Å². The molecule has 0 unspecified atom stereocenters. The molecule has 0 fully saturated rings. The van der Waals surface area contributed by atoms with Crippen molar-refractivity contribution < 1.29 is 39.3 Å². The Morgan fingerprint density at radius 2 is 1.38 bits per heavy atom. The Hall–Kier alpha value is -2.42. The molecule has 0 spiro atoms. The molecular weight excluding hydrogens is 410 g/mol. The Morgan fingerprint density at radius 1 is 0.897 bits per heavy atom. The van der Waals surface area contributed by atoms with Crippen molar-refractivity contribution in [2.24, 2.45) is 11.5 Å². The van der Waals surface area contributed by atoms with E-state index in [2.05, 4.69) is 23.3 Å². The molecule has 0 heterocycles. The van der Waals surface area contributed by atoms with E-state index in [9.17, 15) is 34.2 Å². The SMILES string of the molecule is C[C@@H](O)[C@H](N)C(=O)N[C@@H](CC(N)=O)C(=O)N[C@@H](CS)C(=O)N[C@H](C(=O)O)[C@@H](C)O. The highest BCUT2D eigenvalue weighted by Crippen LogP contribution is 2.00. The van der Waals surface area contributed by atoms with Crippen molar-refractivity contribution >= 4 is 42.2 Å². The minimum Gasteiger partial charge on any atom is -0.480 e. The van der Waals surface area contributed by atoms with Crippen molar-refractivity contribution in [2.75, 3.05) is 5.75 Å². The lowest BCUT2D eigenvalue weighted by atomic mass is 10.1. The Morgan fingerprint density at radius 3 is 1.76 bits per heavy atom. The quantitative estimate of drug-likeness (QED) is 0.133. The van der Waals surface area contributed by atoms with Crippen molar-refractivity contribution in [3.05, 3.63) is 0 Å². The first-order chi connectivity index (χ1) is 13.3. The van der Waals surface area contributed by atoms with Crippen LogP contribution in [0.1, 0.15) is 20.3 Å². The predicted octanol–water partition coefficient (Wildman–Crippen LogP) is -4.58. The number of amides is 4. The highest BCUT2D eigenvalue weighted by atomic mass is 32.1. The fourth-order valence-electron chi connectivity index (χ4n) is 2.01. The summed E-state index contributed by atoms with van der Waals surface area (Å²) in [5.74, 6) is -5.60. The molecule has 0 radical (unpaired) electrons. The van der Waals surface area contributed by atoms with Crippen LogP contribution in [0.3, 0.4) is 0 Å². The van der Waals surface area contributed by atoms with Gasteiger partial charge in [-0.15, -0.1) is 0 Å². The van der Waals surface area contributed by atoms with E-state index in [1.54, 1.807) is 0 Å². The van der Waals surface area contributed by atoms with Gasteiger partial charge in [-0.05, 0) is 13.8 Å². The maximum atomic E-state index is 12.4. The summed E-state index contributed by atoms with van der Waals surface area (Å²) < 4.78 is 0. The summed E-state index contributed by atoms with van der Waals surface area (Å²) in [5.41, 5.74) is 10.5. The lowest BCUT2D eigenvalue weighted by molar-refractivity contribution is -0.145. The standard InChI is InChI=1S/C15H27N5O8S/c1-5(21)10(17)14(26)18-7(3-9(16)23)12(24)19-8(4-29)13(25)20-11(6(2)22)15(27)28/h5-8,10-11,21-22,29H,3-4,17H2,1-2H3,(H2,16,23)(H,18,26)(H,19,24)(H,20,25)(H,27,28)/t5-,6-,7+,8+,10+,11+/m1/s1. The maximum Gasteiger partial charge on any atom is 0.328 e. The zero-order valence-electron chi connectivity index (χ0n) is 15.9. The molecule has 0 aromatic heterocycles. The fraction of sp³-hybridized carbons (Fsp3) is 0.667. The molecule has 14 heteroatoms. The Balaban J connectivity index is 5.27. The molecule has 166 valence electrons. The number of rotatable bonds is 12. The number of nitrogens with one attached hydrogen (secondary N) is 3. The Kier molecular flexibility index (Phi) is 11.2. The van der Waals surface area contributed by atoms with Gasteiger partial charge in [0.05, 0.1) is 18.6 Å². The van der Waals surface area contributed by atoms with Gasteiger partial charge in [-0.3, -0.25) is 19.2 Å². The largest absolute Gasteiger partial charge is 0.480 e. The number of aliphatic carboxylic acids is 1. The summed E-state index contributed by atoms with van der Waals surface area (Å²) in [6, 6.07) is -5.88. The van der Waals surface area contributed by atoms with Gasteiger partial charge < -0.3 is 42.7 Å². The first-order valence-corrected chi connectivity index (χ1v) is 9.09. The van der Waals surface area contributed by atoms with E-state index >= 15 is 0 Å². The number of hydrogen-bond acceptors (Lipinski definition) is 9. The Bertz CT molecular complexity index is 630. The first-order valence-electron chi connectivity index (χ1n) is 8.46. The molecule has 0 saturated heterocycles. The molecule has 0 rings (SSSR count). The van der Waals surface area contributed by atoms with Gasteiger partial charge in [0.25, 0.3) is 0 Å². The molecule has 4 amide bonds. The molecule has 0 aromatic carbocycles. The highest BCUT2D eigenvalue weighted by molar-refractivity contribution is 7.80. The van der Waals surface area contributed by atoms with E-state index < -0.39 is 72.4 Å². The summed E-state index contributed by atoms with van der Waals surface area (Å²) in [4.78, 5) is 58.9. The van der Waals surface area contributed by atoms with Gasteiger partial charge in [-0.25, -0.2) is 4.79 Å². The third kappa shape index (κ3) is 9.08. The van der Waals surface area contributed by atoms with Crippen LogP contribution in [0.25, 0.3) is 0 Å². The number of primary amides is 1. The average Bonchev–Trinajstić information content (AvgIpc) is 2.61. The lowest BCUT2D eigenvalue weighted by Gasteiger charge is -2.25. The summed E-state index contributed by atoms with van der Waals surface area (Å²) in [6.45, 7) is 2.40. The molecule has 0 bridgehead atoms. The van der Waals surface area contributed by atoms with Crippen LogP contribution in [0.15, 0.2) is 0 Å². The fourth-order valence-corrected chi connectivity index (χ4v) is 2.26. The van der Waals surface area contributed by atoms with Crippen molar-refractivity contribution in [1.82, 2.24) is 16.0 Å². The molecule has 0 aliphatic heterocycles. The Labute approximate surface area is 172 Å². The normalized spacial score (nSPS) is 17.0. The van der Waals surface area contributed by atoms with Crippen LogP contribution in [0.2, 0.25) is 0 Å². The molecule has 10 N–H and O–H groups in total. The van der Waals surface area contributed by atoms with E-state index in [4.69, 9.17) is 16.6 Å². The van der Waals surface area contributed by atoms with Crippen LogP contribution in [-0.4, -0.2) is 87.0 Å². The second-order valence-corrected chi connectivity index (χ2v) is 6.67. The number of thiol groups is 1. The molecule has 0 saturated carbocycles. The number of nitrogens with two attached hydrogens (primary N) is 2. The number of hydrogen-bond donors (Lipinski definition) is 9. The number of aliphatic hydroxyl groups is 2. The van der Waals surface area contributed by atoms with E-state index in [0.29, 0.717) is 0 Å². The van der Waals surface area contributed by atoms with Crippen LogP contribution < -0.4 is 27.4 Å². The summed E-state index contributed by atoms with van der Waals surface area (Å²) in [5, 5.41) is 34.2. The molecule has 6 atom stereocenters. The second-order valence-electron chi connectivity index (χ2n) is 6.31. The monoisotopic (exact) mass is 437 g/mol. The zero-order chi connectivity index (χ0) is 22.9. The molecule has 0 aromatic rings. The molecular formula is C15H27N5O8S. The van der Waals surface area contributed by atoms with Gasteiger partial charge in [0.1, 0.15) is 18.1 Å². The molecule has 29 heavy (non-hydrogen) atoms. The minimum absolute atomic E-state index is 0.270. The average molecular weight is 437 g/mol. The molecule has 0 aliphatic carbocycles. The zero-order valence-corrected chi connectivity index (χ0v) is 16.8. The van der Waals surface area contributed by atoms with Crippen LogP contribution in [0.4, 0.5) is 0 Å². The number of aliphatic hydroxyl groups excluding tert-OH is 2. The maximum absolute atomic E-state index is 12.4. The number of carbonyl (C=O) groups is 5. The summed E-state index contributed by atoms with van der Waals surface area (Å²) in [6.07, 6.45) is -3.29. The van der Waals surface area contributed by atoms with Crippen molar-refractivity contribution in [2.45, 2.75) is 56.6 Å². The number of carboxylic acid groups (broad SMARTS) is 1. The molecule has 13 nitrogen and oxygen atoms in total. The van der Waals surface area contributed by atoms with Crippen LogP contribution >= 0.6 is 12.6 Å². The minimum atomic E-state index is -1.63. The van der Waals surface area contributed by atoms with Crippen molar-refractivity contribution in [3.8, 4) is 0 Å². The van der Waals surface area contributed by atoms with Gasteiger partial charge in [0.2, 0.25) is 23.6 Å². The highest BCUT2D eigenvalue weighted by Gasteiger charge is 2.32. The van der Waals surface area contributed by atoms with Gasteiger partial charge >= 0.3 is 5.97 Å². The van der Waals surface area contributed by atoms with Gasteiger partial charge in [-0.1, -0.05) is 0 Å². The second kappa shape index (κ2) is 12.2. The topological polar surface area (TPSA) is 234 Å². The van der Waals surface area contributed by atoms with E-state index in [1.165, 1.54) is 6.92 Å². The first kappa shape index (κ1) is 26.6. The van der Waals surface area contributed by atoms with Crippen molar-refractivity contribution in [3.63, 3.8) is 0 Å². The smallest absolute Gasteiger partial charge is 0.328 e. The van der Waals surface area contributed by atoms with Gasteiger partial charge in [0.15, 0.2) is 6.04 Å². The molecule has 0 aliphatic rings. The number of carboxylic acids is 1. The lowest BCUT2D eigenvalue weighted by Crippen LogP contribution is -2.59. The van der Waals surface area contributed by atoms with Crippen molar-refractivity contribution in [1.29, 1.82) is 0 Å². The van der Waals surface area contributed by atoms with Crippen LogP contribution in [0.5, 0.6) is 0 Å². The van der Waals surface area contributed by atoms with E-state index in [1.807, 2.05) is 5.32 Å². The predicted molar refractivity (Wildman–Crippen MR) is 102 cm³/mol. The van der Waals surface area contributed by atoms with Crippen LogP contribution in [0, 0.1) is 0 Å². The number of carbonyl (C=O) groups excluding carboxylic acids is 4. The van der Waals surface area contributed by atoms with Gasteiger partial charge in [0, 0.05) is 5.75 Å². The van der Waals surface area contributed by atoms with Crippen LogP contribution in [-0.2, 0) is 24.0 Å². The third-order valence-electron chi connectivity index (χ3n) is 3.72.